The van der Waals surface area contributed by atoms with Crippen LogP contribution in [0.25, 0.3) is 6.08 Å². The van der Waals surface area contributed by atoms with Gasteiger partial charge in [0.05, 0.1) is 16.6 Å². The number of nitro groups is 1. The minimum absolute atomic E-state index is 0.00121. The van der Waals surface area contributed by atoms with Crippen molar-refractivity contribution in [3.63, 3.8) is 0 Å². The van der Waals surface area contributed by atoms with Crippen LogP contribution in [0.1, 0.15) is 23.6 Å². The van der Waals surface area contributed by atoms with Crippen molar-refractivity contribution in [1.29, 1.82) is 5.26 Å². The number of hydrogen-bond donors (Lipinski definition) is 1. The Bertz CT molecular complexity index is 1750. The van der Waals surface area contributed by atoms with E-state index < -0.39 is 10.8 Å². The lowest BCUT2D eigenvalue weighted by Gasteiger charge is -2.15. The maximum atomic E-state index is 12.9. The van der Waals surface area contributed by atoms with Gasteiger partial charge in [-0.1, -0.05) is 53.0 Å². The van der Waals surface area contributed by atoms with E-state index in [1.54, 1.807) is 67.6 Å². The molecule has 0 aliphatic rings. The molecule has 0 atom stereocenters. The van der Waals surface area contributed by atoms with E-state index in [1.807, 2.05) is 6.07 Å². The number of nitro benzene ring substituents is 1. The zero-order chi connectivity index (χ0) is 31.6. The highest BCUT2D eigenvalue weighted by Gasteiger charge is 2.16. The maximum absolute atomic E-state index is 12.9. The van der Waals surface area contributed by atoms with Crippen molar-refractivity contribution < 1.29 is 23.9 Å². The molecule has 1 N–H and O–H groups in total. The van der Waals surface area contributed by atoms with E-state index in [2.05, 4.69) is 5.32 Å². The predicted octanol–water partition coefficient (Wildman–Crippen LogP) is 8.66. The van der Waals surface area contributed by atoms with Gasteiger partial charge in [-0.3, -0.25) is 14.9 Å². The highest BCUT2D eigenvalue weighted by Crippen LogP contribution is 2.38. The van der Waals surface area contributed by atoms with Crippen LogP contribution < -0.4 is 19.5 Å². The summed E-state index contributed by atoms with van der Waals surface area (Å²) in [7, 11) is 0. The molecule has 0 unspecified atom stereocenters. The summed E-state index contributed by atoms with van der Waals surface area (Å²) in [5, 5.41) is 24.7. The molecule has 44 heavy (non-hydrogen) atoms. The summed E-state index contributed by atoms with van der Waals surface area (Å²) in [5.41, 5.74) is 1.98. The number of anilines is 1. The largest absolute Gasteiger partial charge is 0.490 e. The Labute approximate surface area is 268 Å². The van der Waals surface area contributed by atoms with Crippen molar-refractivity contribution in [2.24, 2.45) is 0 Å². The van der Waals surface area contributed by atoms with E-state index in [-0.39, 0.29) is 47.6 Å². The first kappa shape index (κ1) is 32.2. The van der Waals surface area contributed by atoms with Gasteiger partial charge in [0.1, 0.15) is 30.6 Å². The van der Waals surface area contributed by atoms with Crippen molar-refractivity contribution in [3.8, 4) is 23.3 Å². The molecule has 0 radical (unpaired) electrons. The Morgan fingerprint density at radius 3 is 2.41 bits per heavy atom. The number of nitrogens with one attached hydrogen (secondary N) is 1. The van der Waals surface area contributed by atoms with Gasteiger partial charge in [0.15, 0.2) is 11.5 Å². The smallest absolute Gasteiger partial charge is 0.269 e. The van der Waals surface area contributed by atoms with Crippen LogP contribution in [0.5, 0.6) is 17.2 Å². The first-order valence-electron chi connectivity index (χ1n) is 13.1. The summed E-state index contributed by atoms with van der Waals surface area (Å²) >= 11 is 18.6. The molecule has 0 saturated heterocycles. The minimum Gasteiger partial charge on any atom is -0.490 e. The average molecular weight is 653 g/mol. The van der Waals surface area contributed by atoms with E-state index in [4.69, 9.17) is 49.0 Å². The maximum Gasteiger partial charge on any atom is 0.269 e. The molecule has 9 nitrogen and oxygen atoms in total. The monoisotopic (exact) mass is 651 g/mol. The molecule has 224 valence electrons. The van der Waals surface area contributed by atoms with Crippen molar-refractivity contribution in [2.45, 2.75) is 20.1 Å². The van der Waals surface area contributed by atoms with E-state index in [9.17, 15) is 20.2 Å². The fourth-order valence-corrected chi connectivity index (χ4v) is 4.67. The van der Waals surface area contributed by atoms with E-state index >= 15 is 0 Å². The summed E-state index contributed by atoms with van der Waals surface area (Å²) < 4.78 is 17.3. The Hall–Kier alpha value is -4.75. The quantitative estimate of drug-likeness (QED) is 0.0703. The SMILES string of the molecule is CCOc1cc(/C=C(\C#N)C(=O)Nc2ccc(OCc3ccc(Cl)cc3Cl)cc2)cc(Cl)c1OCc1cccc([N+](=O)[O-])c1. The summed E-state index contributed by atoms with van der Waals surface area (Å²) in [4.78, 5) is 23.5. The molecule has 12 heteroatoms. The summed E-state index contributed by atoms with van der Waals surface area (Å²) in [6, 6.07) is 22.8. The van der Waals surface area contributed by atoms with Gasteiger partial charge >= 0.3 is 0 Å². The van der Waals surface area contributed by atoms with Gasteiger partial charge in [-0.15, -0.1) is 0 Å². The minimum atomic E-state index is -0.630. The van der Waals surface area contributed by atoms with E-state index in [0.29, 0.717) is 32.6 Å². The van der Waals surface area contributed by atoms with Gasteiger partial charge in [0, 0.05) is 33.4 Å². The van der Waals surface area contributed by atoms with Crippen LogP contribution in [0.15, 0.2) is 84.4 Å². The van der Waals surface area contributed by atoms with Crippen molar-refractivity contribution in [2.75, 3.05) is 11.9 Å². The molecule has 0 fully saturated rings. The Morgan fingerprint density at radius 2 is 1.73 bits per heavy atom. The Balaban J connectivity index is 1.44. The molecule has 0 spiro atoms. The number of nitriles is 1. The molecule has 0 bridgehead atoms. The number of amides is 1. The third-order valence-corrected chi connectivity index (χ3v) is 6.90. The van der Waals surface area contributed by atoms with Gasteiger partial charge < -0.3 is 19.5 Å². The lowest BCUT2D eigenvalue weighted by molar-refractivity contribution is -0.384. The number of carbonyl (C=O) groups excluding carboxylic acids is 1. The Morgan fingerprint density at radius 1 is 0.955 bits per heavy atom. The van der Waals surface area contributed by atoms with Crippen LogP contribution in [0.2, 0.25) is 15.1 Å². The fourth-order valence-electron chi connectivity index (χ4n) is 3.94. The number of nitrogens with zero attached hydrogens (tertiary/aromatic N) is 2. The molecule has 0 heterocycles. The number of non-ortho nitro benzene ring substituents is 1. The lowest BCUT2D eigenvalue weighted by Crippen LogP contribution is -2.13. The third-order valence-electron chi connectivity index (χ3n) is 6.03. The van der Waals surface area contributed by atoms with E-state index in [0.717, 1.165) is 5.56 Å². The molecule has 0 aliphatic carbocycles. The number of halogens is 3. The number of ether oxygens (including phenoxy) is 3. The second kappa shape index (κ2) is 15.1. The zero-order valence-electron chi connectivity index (χ0n) is 23.2. The van der Waals surface area contributed by atoms with Crippen LogP contribution in [0.3, 0.4) is 0 Å². The molecular weight excluding hydrogens is 629 g/mol. The molecular formula is C32H24Cl3N3O6. The van der Waals surface area contributed by atoms with Gasteiger partial charge in [-0.05, 0) is 72.7 Å². The second-order valence-electron chi connectivity index (χ2n) is 9.15. The summed E-state index contributed by atoms with van der Waals surface area (Å²) in [6.45, 7) is 2.29. The van der Waals surface area contributed by atoms with Crippen molar-refractivity contribution in [1.82, 2.24) is 0 Å². The number of carbonyl (C=O) groups is 1. The van der Waals surface area contributed by atoms with E-state index in [1.165, 1.54) is 24.3 Å². The van der Waals surface area contributed by atoms with Crippen molar-refractivity contribution >= 4 is 58.2 Å². The number of rotatable bonds is 12. The molecule has 0 aliphatic heterocycles. The number of benzene rings is 4. The van der Waals surface area contributed by atoms with Crippen molar-refractivity contribution in [3.05, 3.63) is 126 Å². The van der Waals surface area contributed by atoms with Gasteiger partial charge in [-0.2, -0.15) is 5.26 Å². The third kappa shape index (κ3) is 8.64. The lowest BCUT2D eigenvalue weighted by atomic mass is 10.1. The highest BCUT2D eigenvalue weighted by atomic mass is 35.5. The second-order valence-corrected chi connectivity index (χ2v) is 10.4. The summed E-state index contributed by atoms with van der Waals surface area (Å²) in [5.74, 6) is 0.427. The molecule has 1 amide bonds. The van der Waals surface area contributed by atoms with Crippen LogP contribution in [0.4, 0.5) is 11.4 Å². The zero-order valence-corrected chi connectivity index (χ0v) is 25.4. The standard InChI is InChI=1S/C32H24Cl3N3O6/c1-2-42-30-15-21(14-29(35)31(30)44-18-20-4-3-5-26(13-20)38(40)41)12-23(17-36)32(39)37-25-8-10-27(11-9-25)43-19-22-6-7-24(33)16-28(22)34/h3-16H,2,18-19H2,1H3,(H,37,39)/b23-12+. The van der Waals surface area contributed by atoms with Gasteiger partial charge in [0.2, 0.25) is 0 Å². The van der Waals surface area contributed by atoms with Crippen LogP contribution in [-0.2, 0) is 18.0 Å². The summed E-state index contributed by atoms with van der Waals surface area (Å²) in [6.07, 6.45) is 1.38. The highest BCUT2D eigenvalue weighted by molar-refractivity contribution is 6.35. The molecule has 0 saturated carbocycles. The molecule has 0 aromatic heterocycles. The fraction of sp³-hybridized carbons (Fsp3) is 0.125. The van der Waals surface area contributed by atoms with Gasteiger partial charge in [0.25, 0.3) is 11.6 Å². The first-order valence-corrected chi connectivity index (χ1v) is 14.2. The van der Waals surface area contributed by atoms with Crippen LogP contribution in [-0.4, -0.2) is 17.4 Å². The first-order chi connectivity index (χ1) is 21.2. The van der Waals surface area contributed by atoms with Crippen LogP contribution in [0, 0.1) is 21.4 Å². The predicted molar refractivity (Wildman–Crippen MR) is 170 cm³/mol. The Kier molecular flexibility index (Phi) is 11.1. The normalized spacial score (nSPS) is 10.9. The molecule has 4 aromatic rings. The topological polar surface area (TPSA) is 124 Å². The molecule has 4 aromatic carbocycles. The number of hydrogen-bond acceptors (Lipinski definition) is 7. The molecule has 4 rings (SSSR count). The van der Waals surface area contributed by atoms with Gasteiger partial charge in [-0.25, -0.2) is 0 Å². The average Bonchev–Trinajstić information content (AvgIpc) is 3.00. The van der Waals surface area contributed by atoms with Crippen LogP contribution >= 0.6 is 34.8 Å².